The first-order chi connectivity index (χ1) is 17.7. The molecule has 2 saturated heterocycles. The highest BCUT2D eigenvalue weighted by molar-refractivity contribution is 5.87. The topological polar surface area (TPSA) is 208 Å². The van der Waals surface area contributed by atoms with E-state index in [9.17, 15) is 40.5 Å². The number of aliphatic hydroxyl groups is 5. The van der Waals surface area contributed by atoms with E-state index in [2.05, 4.69) is 0 Å². The monoisotopic (exact) mass is 524 g/mol. The van der Waals surface area contributed by atoms with Gasteiger partial charge in [-0.05, 0) is 29.8 Å². The van der Waals surface area contributed by atoms with E-state index < -0.39 is 85.8 Å². The SMILES string of the molecule is O=C(C=Cc1ccc(O)c(O)c1)O[C@@H]1[C@H]2C=CO[C@H](O[C@@H]3O[C@H](CO)[C@@H](O)[C@H](O)[C@H]3O)[C@H]2[C@]2(CO)O[C@H]12. The number of phenols is 2. The summed E-state index contributed by atoms with van der Waals surface area (Å²) in [7, 11) is 0. The molecule has 1 aromatic rings. The van der Waals surface area contributed by atoms with Crippen molar-refractivity contribution in [2.75, 3.05) is 13.2 Å². The van der Waals surface area contributed by atoms with Gasteiger partial charge >= 0.3 is 5.97 Å². The molecule has 0 unspecified atom stereocenters. The molecule has 3 fully saturated rings. The average molecular weight is 524 g/mol. The van der Waals surface area contributed by atoms with Crippen LogP contribution < -0.4 is 0 Å². The van der Waals surface area contributed by atoms with Crippen molar-refractivity contribution >= 4 is 12.0 Å². The van der Waals surface area contributed by atoms with Gasteiger partial charge in [0.1, 0.15) is 42.2 Å². The van der Waals surface area contributed by atoms with Gasteiger partial charge in [-0.15, -0.1) is 0 Å². The zero-order chi connectivity index (χ0) is 26.5. The van der Waals surface area contributed by atoms with Crippen LogP contribution in [0.2, 0.25) is 0 Å². The number of fused-ring (bicyclic) bond motifs is 3. The average Bonchev–Trinajstić information content (AvgIpc) is 3.57. The van der Waals surface area contributed by atoms with Crippen LogP contribution in [0.15, 0.2) is 36.6 Å². The maximum Gasteiger partial charge on any atom is 0.331 e. The number of hydrogen-bond donors (Lipinski definition) is 7. The molecule has 0 radical (unpaired) electrons. The molecule has 37 heavy (non-hydrogen) atoms. The van der Waals surface area contributed by atoms with Gasteiger partial charge in [-0.1, -0.05) is 6.07 Å². The summed E-state index contributed by atoms with van der Waals surface area (Å²) in [6, 6.07) is 4.04. The summed E-state index contributed by atoms with van der Waals surface area (Å²) >= 11 is 0. The zero-order valence-electron chi connectivity index (χ0n) is 19.3. The molecule has 3 heterocycles. The van der Waals surface area contributed by atoms with Crippen LogP contribution >= 0.6 is 0 Å². The Morgan fingerprint density at radius 1 is 1.05 bits per heavy atom. The fraction of sp³-hybridized carbons (Fsp3) is 0.542. The Bertz CT molecular complexity index is 1070. The van der Waals surface area contributed by atoms with Gasteiger partial charge in [0, 0.05) is 12.0 Å². The molecule has 0 amide bonds. The van der Waals surface area contributed by atoms with Gasteiger partial charge in [0.25, 0.3) is 0 Å². The molecule has 5 rings (SSSR count). The van der Waals surface area contributed by atoms with Crippen molar-refractivity contribution in [3.63, 3.8) is 0 Å². The quantitative estimate of drug-likeness (QED) is 0.0900. The standard InChI is InChI=1S/C24H28O13/c25-8-14-17(30)18(31)19(32)23(34-14)36-22-16-11(5-6-33-22)20(21-24(16,9-26)37-21)35-15(29)4-2-10-1-3-12(27)13(28)7-10/h1-7,11,14,16-23,25-28,30-32H,8-9H2/t11-,14+,16-,17+,18-,19+,20+,21+,22+,23-,24-/m0/s1. The number of aliphatic hydroxyl groups excluding tert-OH is 5. The van der Waals surface area contributed by atoms with E-state index in [1.54, 1.807) is 6.08 Å². The van der Waals surface area contributed by atoms with Crippen molar-refractivity contribution in [1.82, 2.24) is 0 Å². The lowest BCUT2D eigenvalue weighted by molar-refractivity contribution is -0.344. The van der Waals surface area contributed by atoms with Gasteiger partial charge in [0.2, 0.25) is 6.29 Å². The van der Waals surface area contributed by atoms with Crippen molar-refractivity contribution in [2.45, 2.75) is 54.8 Å². The summed E-state index contributed by atoms with van der Waals surface area (Å²) in [5, 5.41) is 69.0. The number of esters is 1. The third-order valence-electron chi connectivity index (χ3n) is 7.26. The van der Waals surface area contributed by atoms with Crippen LogP contribution in [0.1, 0.15) is 5.56 Å². The number of benzene rings is 1. The number of aromatic hydroxyl groups is 2. The summed E-state index contributed by atoms with van der Waals surface area (Å²) in [6.07, 6.45) is -4.68. The Kier molecular flexibility index (Phi) is 6.89. The van der Waals surface area contributed by atoms with E-state index in [0.29, 0.717) is 5.56 Å². The number of phenolic OH excluding ortho intramolecular Hbond substituents is 2. The molecule has 4 aliphatic rings. The molecule has 3 aliphatic heterocycles. The Morgan fingerprint density at radius 2 is 1.84 bits per heavy atom. The lowest BCUT2D eigenvalue weighted by atomic mass is 9.85. The van der Waals surface area contributed by atoms with Crippen LogP contribution in [-0.4, -0.2) is 110 Å². The molecule has 0 aromatic heterocycles. The van der Waals surface area contributed by atoms with Gasteiger partial charge in [-0.3, -0.25) is 0 Å². The highest BCUT2D eigenvalue weighted by Gasteiger charge is 2.77. The maximum atomic E-state index is 12.6. The van der Waals surface area contributed by atoms with Crippen LogP contribution in [-0.2, 0) is 28.5 Å². The summed E-state index contributed by atoms with van der Waals surface area (Å²) in [4.78, 5) is 12.6. The van der Waals surface area contributed by atoms with Gasteiger partial charge in [-0.25, -0.2) is 4.79 Å². The molecule has 13 nitrogen and oxygen atoms in total. The summed E-state index contributed by atoms with van der Waals surface area (Å²) < 4.78 is 28.2. The second-order valence-electron chi connectivity index (χ2n) is 9.40. The molecule has 13 heteroatoms. The van der Waals surface area contributed by atoms with Crippen molar-refractivity contribution < 1.29 is 64.2 Å². The van der Waals surface area contributed by atoms with Crippen molar-refractivity contribution in [2.24, 2.45) is 11.8 Å². The minimum atomic E-state index is -1.66. The third kappa shape index (κ3) is 4.47. The molecule has 0 spiro atoms. The van der Waals surface area contributed by atoms with E-state index in [1.807, 2.05) is 0 Å². The van der Waals surface area contributed by atoms with E-state index in [4.69, 9.17) is 23.7 Å². The maximum absolute atomic E-state index is 12.6. The van der Waals surface area contributed by atoms with Crippen LogP contribution in [0.5, 0.6) is 11.5 Å². The van der Waals surface area contributed by atoms with Crippen LogP contribution in [0.25, 0.3) is 6.08 Å². The fourth-order valence-corrected chi connectivity index (χ4v) is 5.27. The smallest absolute Gasteiger partial charge is 0.331 e. The molecular formula is C24H28O13. The Morgan fingerprint density at radius 3 is 2.54 bits per heavy atom. The first kappa shape index (κ1) is 25.9. The van der Waals surface area contributed by atoms with Crippen molar-refractivity contribution in [1.29, 1.82) is 0 Å². The summed E-state index contributed by atoms with van der Waals surface area (Å²) in [6.45, 7) is -1.08. The first-order valence-electron chi connectivity index (χ1n) is 11.7. The van der Waals surface area contributed by atoms with Crippen molar-refractivity contribution in [3.8, 4) is 11.5 Å². The molecular weight excluding hydrogens is 496 g/mol. The normalized spacial score (nSPS) is 42.2. The van der Waals surface area contributed by atoms with Gasteiger partial charge < -0.3 is 59.4 Å². The first-order valence-corrected chi connectivity index (χ1v) is 11.7. The van der Waals surface area contributed by atoms with Gasteiger partial charge in [0.05, 0.1) is 25.4 Å². The van der Waals surface area contributed by atoms with Crippen molar-refractivity contribution in [3.05, 3.63) is 42.2 Å². The third-order valence-corrected chi connectivity index (χ3v) is 7.26. The molecule has 7 N–H and O–H groups in total. The van der Waals surface area contributed by atoms with Gasteiger partial charge in [-0.2, -0.15) is 0 Å². The van der Waals surface area contributed by atoms with E-state index >= 15 is 0 Å². The number of carbonyl (C=O) groups excluding carboxylic acids is 1. The predicted octanol–water partition coefficient (Wildman–Crippen LogP) is -1.91. The Balaban J connectivity index is 1.30. The van der Waals surface area contributed by atoms with Crippen LogP contribution in [0.3, 0.4) is 0 Å². The molecule has 1 aliphatic carbocycles. The predicted molar refractivity (Wildman–Crippen MR) is 119 cm³/mol. The van der Waals surface area contributed by atoms with E-state index in [1.165, 1.54) is 30.5 Å². The fourth-order valence-electron chi connectivity index (χ4n) is 5.27. The summed E-state index contributed by atoms with van der Waals surface area (Å²) in [5.74, 6) is -2.56. The second kappa shape index (κ2) is 9.85. The molecule has 202 valence electrons. The number of epoxide rings is 1. The number of carbonyl (C=O) groups is 1. The number of ether oxygens (including phenoxy) is 5. The van der Waals surface area contributed by atoms with Gasteiger partial charge in [0.15, 0.2) is 17.8 Å². The Hall–Kier alpha value is -2.75. The second-order valence-corrected chi connectivity index (χ2v) is 9.40. The highest BCUT2D eigenvalue weighted by Crippen LogP contribution is 2.60. The van der Waals surface area contributed by atoms with E-state index in [0.717, 1.165) is 6.08 Å². The number of rotatable bonds is 7. The zero-order valence-corrected chi connectivity index (χ0v) is 19.3. The largest absolute Gasteiger partial charge is 0.504 e. The molecule has 1 aromatic carbocycles. The molecule has 0 bridgehead atoms. The van der Waals surface area contributed by atoms with Crippen LogP contribution in [0, 0.1) is 11.8 Å². The van der Waals surface area contributed by atoms with Crippen LogP contribution in [0.4, 0.5) is 0 Å². The highest BCUT2D eigenvalue weighted by atomic mass is 16.8. The minimum Gasteiger partial charge on any atom is -0.504 e. The van der Waals surface area contributed by atoms with E-state index in [-0.39, 0.29) is 11.5 Å². The molecule has 1 saturated carbocycles. The lowest BCUT2D eigenvalue weighted by Crippen LogP contribution is -2.60. The minimum absolute atomic E-state index is 0.297. The summed E-state index contributed by atoms with van der Waals surface area (Å²) in [5.41, 5.74) is -0.714. The number of hydrogen-bond acceptors (Lipinski definition) is 13. The molecule has 11 atom stereocenters. The lowest BCUT2D eigenvalue weighted by Gasteiger charge is -2.43. The Labute approximate surface area is 210 Å².